The first-order valence-corrected chi connectivity index (χ1v) is 20.5. The summed E-state index contributed by atoms with van der Waals surface area (Å²) in [5.74, 6) is -1.21. The van der Waals surface area contributed by atoms with Gasteiger partial charge in [-0.25, -0.2) is 19.2 Å². The number of rotatable bonds is 12. The first-order chi connectivity index (χ1) is 28.5. The maximum absolute atomic E-state index is 13.8. The number of esters is 2. The van der Waals surface area contributed by atoms with E-state index in [2.05, 4.69) is 20.5 Å². The van der Waals surface area contributed by atoms with Crippen LogP contribution in [0.3, 0.4) is 0 Å². The van der Waals surface area contributed by atoms with E-state index >= 15 is 0 Å². The van der Waals surface area contributed by atoms with Crippen molar-refractivity contribution in [3.8, 4) is 5.75 Å². The summed E-state index contributed by atoms with van der Waals surface area (Å²) in [5.41, 5.74) is 0.242. The third-order valence-corrected chi connectivity index (χ3v) is 8.87. The summed E-state index contributed by atoms with van der Waals surface area (Å²) in [6.45, 7) is 19.9. The van der Waals surface area contributed by atoms with Gasteiger partial charge < -0.3 is 33.9 Å². The first-order valence-electron chi connectivity index (χ1n) is 20.1. The first kappa shape index (κ1) is 48.2. The molecule has 1 saturated heterocycles. The van der Waals surface area contributed by atoms with Crippen LogP contribution in [0.1, 0.15) is 101 Å². The van der Waals surface area contributed by atoms with Gasteiger partial charge in [-0.1, -0.05) is 29.8 Å². The summed E-state index contributed by atoms with van der Waals surface area (Å²) < 4.78 is 27.2. The summed E-state index contributed by atoms with van der Waals surface area (Å²) in [6.07, 6.45) is -1.27. The van der Waals surface area contributed by atoms with Crippen LogP contribution in [0.5, 0.6) is 5.75 Å². The summed E-state index contributed by atoms with van der Waals surface area (Å²) in [6, 6.07) is 18.0. The summed E-state index contributed by atoms with van der Waals surface area (Å²) in [4.78, 5) is 72.4. The molecule has 4 rings (SSSR count). The second-order valence-corrected chi connectivity index (χ2v) is 17.8. The van der Waals surface area contributed by atoms with E-state index in [1.54, 1.807) is 76.8 Å². The zero-order valence-corrected chi connectivity index (χ0v) is 37.3. The molecule has 0 unspecified atom stereocenters. The Kier molecular flexibility index (Phi) is 16.8. The summed E-state index contributed by atoms with van der Waals surface area (Å²) in [7, 11) is 0. The van der Waals surface area contributed by atoms with Crippen molar-refractivity contribution >= 4 is 53.3 Å². The number of hydrogen-bond acceptors (Lipinski definition) is 11. The van der Waals surface area contributed by atoms with Crippen LogP contribution in [-0.2, 0) is 36.7 Å². The lowest BCUT2D eigenvalue weighted by Gasteiger charge is -2.30. The Balaban J connectivity index is 1.39. The number of anilines is 1. The van der Waals surface area contributed by atoms with Gasteiger partial charge >= 0.3 is 24.1 Å². The third kappa shape index (κ3) is 17.6. The van der Waals surface area contributed by atoms with Crippen LogP contribution in [0.15, 0.2) is 71.7 Å². The zero-order valence-electron chi connectivity index (χ0n) is 36.5. The van der Waals surface area contributed by atoms with Crippen LogP contribution in [0.25, 0.3) is 0 Å². The molecule has 1 heterocycles. The molecule has 16 heteroatoms. The highest BCUT2D eigenvalue weighted by Gasteiger charge is 2.23. The second kappa shape index (κ2) is 21.3. The number of halogens is 1. The number of aryl methyl sites for hydroxylation is 1. The van der Waals surface area contributed by atoms with Crippen LogP contribution in [0, 0.1) is 0 Å². The topological polar surface area (TPSA) is 174 Å². The molecule has 0 bridgehead atoms. The van der Waals surface area contributed by atoms with Crippen molar-refractivity contribution < 1.29 is 47.7 Å². The predicted octanol–water partition coefficient (Wildman–Crippen LogP) is 8.04. The van der Waals surface area contributed by atoms with E-state index in [4.69, 9.17) is 35.3 Å². The number of guanidine groups is 1. The van der Waals surface area contributed by atoms with Gasteiger partial charge in [0.05, 0.1) is 24.3 Å². The Hall–Kier alpha value is -5.51. The highest BCUT2D eigenvalue weighted by Crippen LogP contribution is 2.25. The molecule has 1 fully saturated rings. The molecule has 330 valence electrons. The molecule has 0 aromatic heterocycles. The van der Waals surface area contributed by atoms with E-state index in [1.807, 2.05) is 26.8 Å². The van der Waals surface area contributed by atoms with Gasteiger partial charge in [-0.2, -0.15) is 0 Å². The minimum absolute atomic E-state index is 0.0794. The molecule has 1 aliphatic rings. The Bertz CT molecular complexity index is 2050. The molecule has 0 saturated carbocycles. The number of carbonyl (C=O) groups excluding carboxylic acids is 5. The third-order valence-electron chi connectivity index (χ3n) is 8.52. The van der Waals surface area contributed by atoms with Gasteiger partial charge in [-0.3, -0.25) is 15.0 Å². The largest absolute Gasteiger partial charge is 0.456 e. The number of morpholine rings is 1. The van der Waals surface area contributed by atoms with Crippen molar-refractivity contribution in [1.29, 1.82) is 0 Å². The Morgan fingerprint density at radius 1 is 0.787 bits per heavy atom. The minimum atomic E-state index is -0.941. The maximum atomic E-state index is 13.8. The van der Waals surface area contributed by atoms with Gasteiger partial charge in [0.25, 0.3) is 0 Å². The average molecular weight is 864 g/mol. The minimum Gasteiger partial charge on any atom is -0.456 e. The molecule has 0 aliphatic carbocycles. The molecule has 3 aromatic carbocycles. The molecule has 0 spiro atoms. The number of alkyl carbamates (subject to hydrolysis) is 1. The fraction of sp³-hybridized carbons (Fsp3) is 0.467. The second-order valence-electron chi connectivity index (χ2n) is 17.4. The molecule has 2 N–H and O–H groups in total. The van der Waals surface area contributed by atoms with Gasteiger partial charge in [0.1, 0.15) is 22.6 Å². The number of amides is 3. The van der Waals surface area contributed by atoms with Crippen molar-refractivity contribution in [3.63, 3.8) is 0 Å². The molecule has 61 heavy (non-hydrogen) atoms. The number of nitrogens with one attached hydrogen (secondary N) is 2. The van der Waals surface area contributed by atoms with E-state index in [0.717, 1.165) is 18.7 Å². The normalized spacial score (nSPS) is 13.8. The van der Waals surface area contributed by atoms with Crippen LogP contribution < -0.4 is 15.4 Å². The van der Waals surface area contributed by atoms with Crippen molar-refractivity contribution in [2.24, 2.45) is 4.99 Å². The molecule has 3 aromatic rings. The van der Waals surface area contributed by atoms with Crippen molar-refractivity contribution in [1.82, 2.24) is 15.1 Å². The van der Waals surface area contributed by atoms with E-state index < -0.39 is 40.9 Å². The van der Waals surface area contributed by atoms with Crippen molar-refractivity contribution in [2.75, 3.05) is 44.7 Å². The summed E-state index contributed by atoms with van der Waals surface area (Å²) in [5, 5.41) is 5.57. The van der Waals surface area contributed by atoms with Gasteiger partial charge in [0.15, 0.2) is 0 Å². The van der Waals surface area contributed by atoms with Crippen LogP contribution in [0.2, 0.25) is 5.02 Å². The van der Waals surface area contributed by atoms with Gasteiger partial charge in [0.2, 0.25) is 11.9 Å². The fourth-order valence-corrected chi connectivity index (χ4v) is 6.05. The molecule has 15 nitrogen and oxygen atoms in total. The van der Waals surface area contributed by atoms with Crippen LogP contribution in [-0.4, -0.2) is 102 Å². The standard InChI is InChI=1S/C45H58ClN5O10/c1-43(2,3)59-39(54)33-12-10-11-30(27-33)29-51(22-21-50-23-25-57-26-24-50)37(52)20-16-31-15-19-35(28-36(31)46)58-38(53)32-13-17-34(18-14-32)47-40(48-41(55)60-44(4,5)6)49-42(56)61-45(7,8)9/h10-15,17-19,27-28H,16,20-26,29H2,1-9H3,(H2,47,48,49,55,56). The smallest absolute Gasteiger partial charge is 0.437 e. The molecular formula is C45H58ClN5O10. The number of nitrogens with zero attached hydrogens (tertiary/aromatic N) is 3. The number of hydrogen-bond donors (Lipinski definition) is 2. The van der Waals surface area contributed by atoms with Gasteiger partial charge in [0, 0.05) is 49.9 Å². The molecule has 0 atom stereocenters. The molecule has 0 radical (unpaired) electrons. The lowest BCUT2D eigenvalue weighted by molar-refractivity contribution is -0.132. The monoisotopic (exact) mass is 863 g/mol. The van der Waals surface area contributed by atoms with Crippen molar-refractivity contribution in [2.45, 2.75) is 98.5 Å². The summed E-state index contributed by atoms with van der Waals surface area (Å²) >= 11 is 6.65. The molecular weight excluding hydrogens is 806 g/mol. The average Bonchev–Trinajstić information content (AvgIpc) is 3.14. The predicted molar refractivity (Wildman–Crippen MR) is 232 cm³/mol. The van der Waals surface area contributed by atoms with E-state index in [0.29, 0.717) is 61.1 Å². The van der Waals surface area contributed by atoms with Crippen LogP contribution >= 0.6 is 11.6 Å². The molecule has 3 amide bonds. The number of aliphatic imine (C=N–C) groups is 1. The zero-order chi connectivity index (χ0) is 45.0. The quantitative estimate of drug-likeness (QED) is 0.0591. The number of carbonyl (C=O) groups is 5. The highest BCUT2D eigenvalue weighted by molar-refractivity contribution is 6.31. The maximum Gasteiger partial charge on any atom is 0.437 e. The SMILES string of the molecule is CC(C)(C)OC(=O)/N=C(/NC(=O)OC(C)(C)C)Nc1ccc(C(=O)Oc2ccc(CCC(=O)N(CCN3CCOCC3)Cc3cccc(C(=O)OC(C)(C)C)c3)c(Cl)c2)cc1. The molecule has 1 aliphatic heterocycles. The fourth-order valence-electron chi connectivity index (χ4n) is 5.78. The lowest BCUT2D eigenvalue weighted by Crippen LogP contribution is -2.43. The van der Waals surface area contributed by atoms with Crippen LogP contribution in [0.4, 0.5) is 15.3 Å². The lowest BCUT2D eigenvalue weighted by atomic mass is 10.1. The van der Waals surface area contributed by atoms with Gasteiger partial charge in [-0.05, 0) is 128 Å². The Labute approximate surface area is 363 Å². The van der Waals surface area contributed by atoms with Crippen molar-refractivity contribution in [3.05, 3.63) is 94.0 Å². The van der Waals surface area contributed by atoms with Gasteiger partial charge in [-0.15, -0.1) is 4.99 Å². The Morgan fingerprint density at radius 3 is 2.07 bits per heavy atom. The Morgan fingerprint density at radius 2 is 1.44 bits per heavy atom. The van der Waals surface area contributed by atoms with E-state index in [-0.39, 0.29) is 29.6 Å². The number of benzene rings is 3. The highest BCUT2D eigenvalue weighted by atomic mass is 35.5. The number of ether oxygens (including phenoxy) is 5. The van der Waals surface area contributed by atoms with E-state index in [9.17, 15) is 24.0 Å². The van der Waals surface area contributed by atoms with E-state index in [1.165, 1.54) is 30.3 Å².